The maximum Gasteiger partial charge on any atom is 2.00 e. The predicted molar refractivity (Wildman–Crippen MR) is 147 cm³/mol. The molecule has 0 aliphatic carbocycles. The van der Waals surface area contributed by atoms with Crippen LogP contribution in [0.15, 0.2) is 0 Å². The van der Waals surface area contributed by atoms with Gasteiger partial charge in [0.05, 0.1) is 5.60 Å². The third-order valence-corrected chi connectivity index (χ3v) is 7.13. The maximum absolute atomic E-state index is 12.3. The zero-order valence-electron chi connectivity index (χ0n) is 22.5. The van der Waals surface area contributed by atoms with Crippen molar-refractivity contribution in [3.05, 3.63) is 0 Å². The van der Waals surface area contributed by atoms with E-state index in [0.29, 0.717) is 13.0 Å². The molecule has 6 heteroatoms. The van der Waals surface area contributed by atoms with E-state index in [2.05, 4.69) is 13.8 Å². The second kappa shape index (κ2) is 26.4. The van der Waals surface area contributed by atoms with Gasteiger partial charge in [0.1, 0.15) is 0 Å². The molecule has 0 saturated carbocycles. The smallest absolute Gasteiger partial charge is 0.867 e. The molecule has 0 radical (unpaired) electrons. The summed E-state index contributed by atoms with van der Waals surface area (Å²) in [5.74, 6) is 0. The van der Waals surface area contributed by atoms with Gasteiger partial charge in [0, 0.05) is 13.0 Å². The summed E-state index contributed by atoms with van der Waals surface area (Å²) < 4.78 is 6.02. The zero-order chi connectivity index (χ0) is 24.6. The third kappa shape index (κ3) is 21.6. The number of ether oxygens (including phenoxy) is 1. The van der Waals surface area contributed by atoms with Gasteiger partial charge in [-0.1, -0.05) is 153 Å². The van der Waals surface area contributed by atoms with Crippen LogP contribution < -0.4 is 10.2 Å². The molecule has 1 unspecified atom stereocenters. The van der Waals surface area contributed by atoms with Crippen LogP contribution in [-0.4, -0.2) is 22.3 Å². The Morgan fingerprint density at radius 3 is 1.29 bits per heavy atom. The van der Waals surface area contributed by atoms with E-state index in [1.807, 2.05) is 0 Å². The molecule has 0 aliphatic heterocycles. The fourth-order valence-corrected chi connectivity index (χ4v) is 4.90. The van der Waals surface area contributed by atoms with Crippen LogP contribution in [0.4, 0.5) is 0 Å². The van der Waals surface area contributed by atoms with Gasteiger partial charge >= 0.3 is 19.5 Å². The largest absolute Gasteiger partial charge is 2.00 e. The Kier molecular flexibility index (Phi) is 28.4. The topological polar surface area (TPSA) is 55.3 Å². The van der Waals surface area contributed by atoms with Crippen LogP contribution in [-0.2, 0) is 24.2 Å². The minimum absolute atomic E-state index is 0. The molecule has 0 aromatic rings. The van der Waals surface area contributed by atoms with Crippen molar-refractivity contribution >= 4 is 34.5 Å². The van der Waals surface area contributed by atoms with E-state index in [1.165, 1.54) is 96.3 Å². The molecular weight excluding hydrogens is 514 g/mol. The van der Waals surface area contributed by atoms with Crippen molar-refractivity contribution in [1.29, 1.82) is 0 Å². The summed E-state index contributed by atoms with van der Waals surface area (Å²) in [5, 5.41) is 23.1. The number of unbranched alkanes of at least 4 members (excludes halogenated alkanes) is 18. The van der Waals surface area contributed by atoms with Crippen LogP contribution in [0, 0.1) is 0 Å². The Morgan fingerprint density at radius 2 is 0.941 bits per heavy atom. The molecule has 0 aromatic heterocycles. The first kappa shape index (κ1) is 36.5. The van der Waals surface area contributed by atoms with Crippen LogP contribution in [0.2, 0.25) is 0 Å². The average Bonchev–Trinajstić information content (AvgIpc) is 2.78. The first-order valence-electron chi connectivity index (χ1n) is 14.0. The molecule has 3 nitrogen and oxygen atoms in total. The molecule has 0 bridgehead atoms. The monoisotopic (exact) mass is 564 g/mol. The van der Waals surface area contributed by atoms with Gasteiger partial charge in [-0.3, -0.25) is 0 Å². The summed E-state index contributed by atoms with van der Waals surface area (Å²) >= 11 is 9.81. The van der Waals surface area contributed by atoms with E-state index in [-0.39, 0.29) is 25.9 Å². The molecule has 1 atom stereocenters. The second-order valence-corrected chi connectivity index (χ2v) is 10.6. The summed E-state index contributed by atoms with van der Waals surface area (Å²) in [4.78, 5) is 0. The van der Waals surface area contributed by atoms with E-state index in [1.54, 1.807) is 0 Å². The Labute approximate surface area is 235 Å². The maximum atomic E-state index is 12.3. The van der Waals surface area contributed by atoms with E-state index in [4.69, 9.17) is 29.2 Å². The quantitative estimate of drug-likeness (QED) is 0.0610. The van der Waals surface area contributed by atoms with E-state index in [9.17, 15) is 10.2 Å². The summed E-state index contributed by atoms with van der Waals surface area (Å²) in [6.45, 7) is 4.98. The van der Waals surface area contributed by atoms with Crippen molar-refractivity contribution in [2.75, 3.05) is 6.61 Å². The Bertz CT molecular complexity index is 477. The van der Waals surface area contributed by atoms with Crippen LogP contribution in [0.25, 0.3) is 0 Å². The number of thiocarbonyl (C=S) groups is 2. The van der Waals surface area contributed by atoms with Gasteiger partial charge in [0.15, 0.2) is 0 Å². The van der Waals surface area contributed by atoms with Crippen LogP contribution >= 0.6 is 24.4 Å². The molecule has 0 fully saturated rings. The Morgan fingerprint density at radius 1 is 0.588 bits per heavy atom. The molecule has 34 heavy (non-hydrogen) atoms. The first-order chi connectivity index (χ1) is 16.0. The number of rotatable bonds is 26. The zero-order valence-corrected chi connectivity index (χ0v) is 27.1. The molecular formula is C28H52O3S2Zn. The fraction of sp³-hybridized carbons (Fsp3) is 0.929. The van der Waals surface area contributed by atoms with Crippen LogP contribution in [0.5, 0.6) is 0 Å². The Balaban J connectivity index is 0. The number of hydrogen-bond acceptors (Lipinski definition) is 5. The van der Waals surface area contributed by atoms with Gasteiger partial charge in [-0.15, -0.1) is 12.2 Å². The van der Waals surface area contributed by atoms with Gasteiger partial charge < -0.3 is 14.9 Å². The normalized spacial score (nSPS) is 12.8. The van der Waals surface area contributed by atoms with Crippen molar-refractivity contribution in [1.82, 2.24) is 0 Å². The summed E-state index contributed by atoms with van der Waals surface area (Å²) in [6.07, 6.45) is 25.2. The molecule has 0 aliphatic rings. The van der Waals surface area contributed by atoms with E-state index in [0.717, 1.165) is 32.1 Å². The summed E-state index contributed by atoms with van der Waals surface area (Å²) in [5.41, 5.74) is -1.17. The molecule has 0 heterocycles. The van der Waals surface area contributed by atoms with Crippen molar-refractivity contribution in [2.45, 2.75) is 161 Å². The van der Waals surface area contributed by atoms with E-state index < -0.39 is 15.7 Å². The number of hydrogen-bond donors (Lipinski definition) is 0. The van der Waals surface area contributed by atoms with Gasteiger partial charge in [-0.05, 0) is 17.9 Å². The average molecular weight is 566 g/mol. The molecule has 0 spiro atoms. The summed E-state index contributed by atoms with van der Waals surface area (Å²) in [6, 6.07) is 0. The van der Waals surface area contributed by atoms with Crippen molar-refractivity contribution < 1.29 is 34.4 Å². The molecule has 0 N–H and O–H groups in total. The van der Waals surface area contributed by atoms with Crippen molar-refractivity contribution in [3.8, 4) is 0 Å². The SMILES string of the molecule is CCCCCCCCCCCCOC(CCCCCCCCCCCC)(CC([O-])=S)C([O-])=S.[Zn+2]. The van der Waals surface area contributed by atoms with Crippen LogP contribution in [0.1, 0.15) is 155 Å². The third-order valence-electron chi connectivity index (χ3n) is 6.61. The standard InChI is InChI=1S/C28H54O3S2.Zn/c1-3-5-7-9-11-13-15-17-19-21-23-28(27(30)33,25-26(29)32)31-24-22-20-18-16-14-12-10-8-6-4-2;/h3-25H2,1-2H3,(H,29,32)(H,30,33);/q;+2/p-2. The molecule has 0 aromatic carbocycles. The molecule has 0 rings (SSSR count). The van der Waals surface area contributed by atoms with Crippen LogP contribution in [0.3, 0.4) is 0 Å². The minimum Gasteiger partial charge on any atom is -0.867 e. The van der Waals surface area contributed by atoms with Gasteiger partial charge in [0.25, 0.3) is 0 Å². The van der Waals surface area contributed by atoms with Crippen molar-refractivity contribution in [2.24, 2.45) is 0 Å². The second-order valence-electron chi connectivity index (χ2n) is 9.79. The minimum atomic E-state index is -1.17. The molecule has 0 saturated heterocycles. The first-order valence-corrected chi connectivity index (χ1v) is 14.9. The van der Waals surface area contributed by atoms with Gasteiger partial charge in [-0.25, -0.2) is 0 Å². The van der Waals surface area contributed by atoms with Gasteiger partial charge in [-0.2, -0.15) is 0 Å². The molecule has 196 valence electrons. The Hall–Kier alpha value is 0.363. The van der Waals surface area contributed by atoms with Crippen molar-refractivity contribution in [3.63, 3.8) is 0 Å². The predicted octanol–water partition coefficient (Wildman–Crippen LogP) is 7.74. The van der Waals surface area contributed by atoms with Gasteiger partial charge in [0.2, 0.25) is 0 Å². The van der Waals surface area contributed by atoms with E-state index >= 15 is 0 Å². The summed E-state index contributed by atoms with van der Waals surface area (Å²) in [7, 11) is 0. The molecule has 0 amide bonds. The fourth-order valence-electron chi connectivity index (χ4n) is 4.43.